The van der Waals surface area contributed by atoms with Gasteiger partial charge in [-0.25, -0.2) is 9.78 Å². The molecule has 0 fully saturated rings. The van der Waals surface area contributed by atoms with Crippen LogP contribution in [0.2, 0.25) is 5.02 Å². The van der Waals surface area contributed by atoms with Gasteiger partial charge < -0.3 is 4.74 Å². The lowest BCUT2D eigenvalue weighted by Gasteiger charge is -2.01. The molecule has 3 aromatic rings. The molecule has 0 spiro atoms. The maximum Gasteiger partial charge on any atom is 0.337 e. The van der Waals surface area contributed by atoms with Crippen molar-refractivity contribution in [2.75, 3.05) is 7.11 Å². The van der Waals surface area contributed by atoms with Gasteiger partial charge in [0.1, 0.15) is 0 Å². The summed E-state index contributed by atoms with van der Waals surface area (Å²) < 4.78 is 4.73. The van der Waals surface area contributed by atoms with E-state index in [9.17, 15) is 4.79 Å². The molecule has 0 aliphatic carbocycles. The molecule has 0 saturated carbocycles. The number of pyridine rings is 1. The van der Waals surface area contributed by atoms with E-state index in [1.807, 2.05) is 54.6 Å². The van der Waals surface area contributed by atoms with Crippen molar-refractivity contribution in [3.8, 4) is 0 Å². The van der Waals surface area contributed by atoms with Crippen LogP contribution in [-0.2, 0) is 4.74 Å². The molecule has 23 heavy (non-hydrogen) atoms. The molecule has 0 aliphatic heterocycles. The Kier molecular flexibility index (Phi) is 4.40. The van der Waals surface area contributed by atoms with E-state index in [-0.39, 0.29) is 5.97 Å². The number of benzene rings is 2. The molecular weight excluding hydrogens is 310 g/mol. The molecule has 0 bridgehead atoms. The Morgan fingerprint density at radius 2 is 1.91 bits per heavy atom. The zero-order chi connectivity index (χ0) is 16.2. The topological polar surface area (TPSA) is 39.2 Å². The first-order valence-corrected chi connectivity index (χ1v) is 7.46. The summed E-state index contributed by atoms with van der Waals surface area (Å²) in [5.74, 6) is -0.348. The summed E-state index contributed by atoms with van der Waals surface area (Å²) in [6.07, 6.45) is 3.81. The van der Waals surface area contributed by atoms with Crippen LogP contribution >= 0.6 is 11.6 Å². The van der Waals surface area contributed by atoms with Gasteiger partial charge in [0, 0.05) is 10.4 Å². The number of hydrogen-bond acceptors (Lipinski definition) is 3. The lowest BCUT2D eigenvalue weighted by molar-refractivity contribution is 0.0600. The van der Waals surface area contributed by atoms with Crippen LogP contribution in [0.4, 0.5) is 0 Å². The fourth-order valence-corrected chi connectivity index (χ4v) is 2.43. The predicted octanol–water partition coefficient (Wildman–Crippen LogP) is 4.85. The van der Waals surface area contributed by atoms with E-state index in [2.05, 4.69) is 4.98 Å². The lowest BCUT2D eigenvalue weighted by atomic mass is 10.1. The zero-order valence-corrected chi connectivity index (χ0v) is 13.2. The van der Waals surface area contributed by atoms with Gasteiger partial charge in [0.15, 0.2) is 0 Å². The number of hydrogen-bond donors (Lipinski definition) is 0. The average Bonchev–Trinajstić information content (AvgIpc) is 2.59. The van der Waals surface area contributed by atoms with Crippen molar-refractivity contribution >= 4 is 40.6 Å². The summed E-state index contributed by atoms with van der Waals surface area (Å²) in [5.41, 5.74) is 3.10. The highest BCUT2D eigenvalue weighted by Crippen LogP contribution is 2.19. The number of esters is 1. The monoisotopic (exact) mass is 323 g/mol. The van der Waals surface area contributed by atoms with Gasteiger partial charge in [0.2, 0.25) is 0 Å². The van der Waals surface area contributed by atoms with Crippen molar-refractivity contribution in [3.63, 3.8) is 0 Å². The number of aromatic nitrogens is 1. The number of rotatable bonds is 3. The lowest BCUT2D eigenvalue weighted by Crippen LogP contribution is -2.00. The van der Waals surface area contributed by atoms with Gasteiger partial charge in [-0.15, -0.1) is 0 Å². The first-order chi connectivity index (χ1) is 11.2. The number of fused-ring (bicyclic) bond motifs is 1. The number of ether oxygens (including phenoxy) is 1. The van der Waals surface area contributed by atoms with Crippen molar-refractivity contribution in [3.05, 3.63) is 76.4 Å². The second kappa shape index (κ2) is 6.63. The molecule has 3 nitrogen and oxygen atoms in total. The molecule has 2 aromatic carbocycles. The Bertz CT molecular complexity index is 903. The Labute approximate surface area is 139 Å². The van der Waals surface area contributed by atoms with Gasteiger partial charge in [-0.2, -0.15) is 0 Å². The van der Waals surface area contributed by atoms with E-state index in [4.69, 9.17) is 16.3 Å². The number of carbonyl (C=O) groups is 1. The van der Waals surface area contributed by atoms with Gasteiger partial charge in [-0.1, -0.05) is 41.9 Å². The van der Waals surface area contributed by atoms with Crippen LogP contribution in [0.1, 0.15) is 21.6 Å². The highest BCUT2D eigenvalue weighted by Gasteiger charge is 2.04. The second-order valence-electron chi connectivity index (χ2n) is 5.02. The molecule has 0 unspecified atom stereocenters. The summed E-state index contributed by atoms with van der Waals surface area (Å²) in [5, 5.41) is 1.70. The van der Waals surface area contributed by atoms with Crippen molar-refractivity contribution in [2.24, 2.45) is 0 Å². The minimum absolute atomic E-state index is 0.348. The van der Waals surface area contributed by atoms with E-state index in [0.717, 1.165) is 22.2 Å². The third-order valence-electron chi connectivity index (χ3n) is 3.43. The Morgan fingerprint density at radius 1 is 1.09 bits per heavy atom. The van der Waals surface area contributed by atoms with E-state index in [0.29, 0.717) is 10.6 Å². The first kappa shape index (κ1) is 15.3. The summed E-state index contributed by atoms with van der Waals surface area (Å²) >= 11 is 6.00. The number of carbonyl (C=O) groups excluding carboxylic acids is 1. The average molecular weight is 324 g/mol. The van der Waals surface area contributed by atoms with Crippen molar-refractivity contribution < 1.29 is 9.53 Å². The van der Waals surface area contributed by atoms with Crippen LogP contribution in [-0.4, -0.2) is 18.1 Å². The molecule has 1 heterocycles. The first-order valence-electron chi connectivity index (χ1n) is 7.08. The molecule has 3 rings (SSSR count). The van der Waals surface area contributed by atoms with Crippen molar-refractivity contribution in [1.29, 1.82) is 0 Å². The van der Waals surface area contributed by atoms with Crippen LogP contribution in [0.25, 0.3) is 23.1 Å². The second-order valence-corrected chi connectivity index (χ2v) is 5.46. The van der Waals surface area contributed by atoms with Gasteiger partial charge >= 0.3 is 5.97 Å². The number of halogens is 1. The number of methoxy groups -OCH3 is 1. The smallest absolute Gasteiger partial charge is 0.337 e. The standard InChI is InChI=1S/C19H14ClNO2/c1-23-19(22)15-4-2-3-13(11-15)5-9-17-10-7-14-6-8-16(20)12-18(14)21-17/h2-12H,1H3/b9-5+. The third kappa shape index (κ3) is 3.58. The Morgan fingerprint density at radius 3 is 2.74 bits per heavy atom. The van der Waals surface area contributed by atoms with E-state index < -0.39 is 0 Å². The van der Waals surface area contributed by atoms with Crippen LogP contribution in [0.15, 0.2) is 54.6 Å². The fourth-order valence-electron chi connectivity index (χ4n) is 2.27. The van der Waals surface area contributed by atoms with Gasteiger partial charge in [-0.3, -0.25) is 0 Å². The largest absolute Gasteiger partial charge is 0.465 e. The van der Waals surface area contributed by atoms with Crippen LogP contribution < -0.4 is 0 Å². The summed E-state index contributed by atoms with van der Waals surface area (Å²) in [6.45, 7) is 0. The fraction of sp³-hybridized carbons (Fsp3) is 0.0526. The minimum Gasteiger partial charge on any atom is -0.465 e. The Balaban J connectivity index is 1.89. The maximum absolute atomic E-state index is 11.5. The molecular formula is C19H14ClNO2. The summed E-state index contributed by atoms with van der Waals surface area (Å²) in [7, 11) is 1.37. The minimum atomic E-state index is -0.348. The van der Waals surface area contributed by atoms with Crippen molar-refractivity contribution in [1.82, 2.24) is 4.98 Å². The molecule has 4 heteroatoms. The van der Waals surface area contributed by atoms with Gasteiger partial charge in [0.05, 0.1) is 23.9 Å². The van der Waals surface area contributed by atoms with Gasteiger partial charge in [0.25, 0.3) is 0 Å². The van der Waals surface area contributed by atoms with E-state index in [1.165, 1.54) is 7.11 Å². The quantitative estimate of drug-likeness (QED) is 0.647. The zero-order valence-electron chi connectivity index (χ0n) is 12.5. The van der Waals surface area contributed by atoms with E-state index >= 15 is 0 Å². The molecule has 114 valence electrons. The number of nitrogens with zero attached hydrogens (tertiary/aromatic N) is 1. The highest BCUT2D eigenvalue weighted by molar-refractivity contribution is 6.31. The predicted molar refractivity (Wildman–Crippen MR) is 93.5 cm³/mol. The molecule has 0 N–H and O–H groups in total. The van der Waals surface area contributed by atoms with E-state index in [1.54, 1.807) is 12.1 Å². The normalized spacial score (nSPS) is 11.0. The molecule has 0 saturated heterocycles. The Hall–Kier alpha value is -2.65. The molecule has 0 atom stereocenters. The molecule has 0 aliphatic rings. The third-order valence-corrected chi connectivity index (χ3v) is 3.67. The van der Waals surface area contributed by atoms with Crippen LogP contribution in [0.3, 0.4) is 0 Å². The van der Waals surface area contributed by atoms with Crippen LogP contribution in [0, 0.1) is 0 Å². The van der Waals surface area contributed by atoms with Gasteiger partial charge in [-0.05, 0) is 42.0 Å². The maximum atomic E-state index is 11.5. The summed E-state index contributed by atoms with van der Waals surface area (Å²) in [4.78, 5) is 16.1. The summed E-state index contributed by atoms with van der Waals surface area (Å²) in [6, 6.07) is 16.8. The SMILES string of the molecule is COC(=O)c1cccc(/C=C/c2ccc3ccc(Cl)cc3n2)c1. The molecule has 0 radical (unpaired) electrons. The van der Waals surface area contributed by atoms with Crippen LogP contribution in [0.5, 0.6) is 0 Å². The molecule has 0 amide bonds. The highest BCUT2D eigenvalue weighted by atomic mass is 35.5. The molecule has 1 aromatic heterocycles. The van der Waals surface area contributed by atoms with Crippen molar-refractivity contribution in [2.45, 2.75) is 0 Å².